The smallest absolute Gasteiger partial charge is 0.231 e. The fraction of sp³-hybridized carbons (Fsp3) is 0.154. The fourth-order valence-corrected chi connectivity index (χ4v) is 2.01. The van der Waals surface area contributed by atoms with Gasteiger partial charge in [-0.05, 0) is 39.7 Å². The third-order valence-corrected chi connectivity index (χ3v) is 2.96. The van der Waals surface area contributed by atoms with E-state index in [1.54, 1.807) is 12.4 Å². The molecule has 1 aromatic carbocycles. The molecule has 0 bridgehead atoms. The average molecular weight is 308 g/mol. The van der Waals surface area contributed by atoms with Crippen LogP contribution in [0.15, 0.2) is 41.1 Å². The van der Waals surface area contributed by atoms with Gasteiger partial charge in [-0.25, -0.2) is 0 Å². The molecule has 0 N–H and O–H groups in total. The van der Waals surface area contributed by atoms with Gasteiger partial charge in [0.15, 0.2) is 11.5 Å². The molecule has 5 heteroatoms. The third-order valence-electron chi connectivity index (χ3n) is 2.52. The first-order chi connectivity index (χ1) is 8.81. The van der Waals surface area contributed by atoms with Gasteiger partial charge in [0.05, 0.1) is 6.20 Å². The minimum absolute atomic E-state index is 0.287. The Morgan fingerprint density at radius 1 is 1.17 bits per heavy atom. The van der Waals surface area contributed by atoms with Crippen LogP contribution < -0.4 is 14.2 Å². The number of fused-ring (bicyclic) bond motifs is 1. The first-order valence-corrected chi connectivity index (χ1v) is 6.22. The van der Waals surface area contributed by atoms with Gasteiger partial charge in [-0.2, -0.15) is 0 Å². The maximum absolute atomic E-state index is 5.64. The lowest BCUT2D eigenvalue weighted by molar-refractivity contribution is 0.174. The summed E-state index contributed by atoms with van der Waals surface area (Å²) >= 11 is 3.35. The van der Waals surface area contributed by atoms with Gasteiger partial charge >= 0.3 is 0 Å². The Morgan fingerprint density at radius 2 is 2.06 bits per heavy atom. The van der Waals surface area contributed by atoms with Crippen molar-refractivity contribution in [2.45, 2.75) is 6.61 Å². The molecule has 92 valence electrons. The molecule has 0 aliphatic carbocycles. The summed E-state index contributed by atoms with van der Waals surface area (Å²) in [7, 11) is 0. The molecule has 1 aliphatic heterocycles. The molecule has 0 atom stereocenters. The van der Waals surface area contributed by atoms with Crippen LogP contribution in [0.3, 0.4) is 0 Å². The first-order valence-electron chi connectivity index (χ1n) is 5.43. The summed E-state index contributed by atoms with van der Waals surface area (Å²) in [4.78, 5) is 4.04. The van der Waals surface area contributed by atoms with Gasteiger partial charge in [-0.15, -0.1) is 0 Å². The Balaban J connectivity index is 1.70. The highest BCUT2D eigenvalue weighted by atomic mass is 79.9. The quantitative estimate of drug-likeness (QED) is 0.873. The van der Waals surface area contributed by atoms with Crippen molar-refractivity contribution in [1.82, 2.24) is 4.98 Å². The minimum Gasteiger partial charge on any atom is -0.487 e. The fourth-order valence-electron chi connectivity index (χ4n) is 1.67. The van der Waals surface area contributed by atoms with Crippen molar-refractivity contribution in [3.63, 3.8) is 0 Å². The summed E-state index contributed by atoms with van der Waals surface area (Å²) in [5, 5.41) is 0. The predicted octanol–water partition coefficient (Wildman–Crippen LogP) is 3.15. The molecule has 0 amide bonds. The number of hydrogen-bond acceptors (Lipinski definition) is 4. The second-order valence-corrected chi connectivity index (χ2v) is 4.73. The van der Waals surface area contributed by atoms with Crippen LogP contribution in [0.2, 0.25) is 0 Å². The topological polar surface area (TPSA) is 40.6 Å². The summed E-state index contributed by atoms with van der Waals surface area (Å²) < 4.78 is 17.1. The van der Waals surface area contributed by atoms with E-state index in [4.69, 9.17) is 14.2 Å². The Labute approximate surface area is 113 Å². The van der Waals surface area contributed by atoms with E-state index in [-0.39, 0.29) is 6.79 Å². The zero-order chi connectivity index (χ0) is 12.4. The Morgan fingerprint density at radius 3 is 2.94 bits per heavy atom. The zero-order valence-corrected chi connectivity index (χ0v) is 11.0. The molecule has 0 saturated heterocycles. The van der Waals surface area contributed by atoms with Gasteiger partial charge in [0, 0.05) is 10.7 Å². The van der Waals surface area contributed by atoms with Crippen LogP contribution >= 0.6 is 15.9 Å². The molecule has 2 aromatic rings. The molecule has 0 saturated carbocycles. The van der Waals surface area contributed by atoms with E-state index < -0.39 is 0 Å². The summed E-state index contributed by atoms with van der Waals surface area (Å²) in [5.74, 6) is 2.27. The average Bonchev–Trinajstić information content (AvgIpc) is 2.84. The van der Waals surface area contributed by atoms with E-state index in [2.05, 4.69) is 20.9 Å². The van der Waals surface area contributed by atoms with E-state index in [0.29, 0.717) is 6.61 Å². The molecule has 0 spiro atoms. The van der Waals surface area contributed by atoms with Crippen LogP contribution in [0.25, 0.3) is 0 Å². The van der Waals surface area contributed by atoms with Crippen LogP contribution in [0, 0.1) is 0 Å². The van der Waals surface area contributed by atoms with Crippen LogP contribution in [-0.2, 0) is 6.61 Å². The zero-order valence-electron chi connectivity index (χ0n) is 9.43. The van der Waals surface area contributed by atoms with Crippen molar-refractivity contribution in [3.8, 4) is 17.2 Å². The van der Waals surface area contributed by atoms with Crippen molar-refractivity contribution in [2.24, 2.45) is 0 Å². The molecule has 1 aromatic heterocycles. The molecule has 1 aliphatic rings. The molecule has 0 fully saturated rings. The number of nitrogens with zero attached hydrogens (tertiary/aromatic N) is 1. The van der Waals surface area contributed by atoms with Crippen LogP contribution in [0.5, 0.6) is 17.2 Å². The lowest BCUT2D eigenvalue weighted by Crippen LogP contribution is -1.96. The molecule has 2 heterocycles. The Hall–Kier alpha value is -1.75. The number of rotatable bonds is 3. The summed E-state index contributed by atoms with van der Waals surface area (Å²) in [6.07, 6.45) is 3.39. The largest absolute Gasteiger partial charge is 0.487 e. The standard InChI is InChI=1S/C13H10BrNO3/c14-10-4-11(6-15-5-10)16-7-9-1-2-12-13(3-9)18-8-17-12/h1-6H,7-8H2. The number of ether oxygens (including phenoxy) is 3. The molecule has 3 rings (SSSR count). The van der Waals surface area contributed by atoms with Crippen molar-refractivity contribution in [2.75, 3.05) is 6.79 Å². The third kappa shape index (κ3) is 2.41. The lowest BCUT2D eigenvalue weighted by Gasteiger charge is -2.06. The number of halogens is 1. The normalized spacial score (nSPS) is 12.5. The van der Waals surface area contributed by atoms with E-state index in [0.717, 1.165) is 27.3 Å². The van der Waals surface area contributed by atoms with Crippen molar-refractivity contribution in [3.05, 3.63) is 46.7 Å². The van der Waals surface area contributed by atoms with Gasteiger partial charge in [-0.3, -0.25) is 4.98 Å². The van der Waals surface area contributed by atoms with E-state index >= 15 is 0 Å². The van der Waals surface area contributed by atoms with Gasteiger partial charge in [-0.1, -0.05) is 6.07 Å². The molecule has 0 radical (unpaired) electrons. The van der Waals surface area contributed by atoms with Crippen LogP contribution in [0.4, 0.5) is 0 Å². The highest BCUT2D eigenvalue weighted by molar-refractivity contribution is 9.10. The lowest BCUT2D eigenvalue weighted by atomic mass is 10.2. The van der Waals surface area contributed by atoms with E-state index in [1.165, 1.54) is 0 Å². The molecular weight excluding hydrogens is 298 g/mol. The maximum atomic E-state index is 5.64. The molecular formula is C13H10BrNO3. The van der Waals surface area contributed by atoms with E-state index in [1.807, 2.05) is 24.3 Å². The van der Waals surface area contributed by atoms with Crippen LogP contribution in [-0.4, -0.2) is 11.8 Å². The first kappa shape index (κ1) is 11.3. The maximum Gasteiger partial charge on any atom is 0.231 e. The number of aromatic nitrogens is 1. The summed E-state index contributed by atoms with van der Waals surface area (Å²) in [5.41, 5.74) is 1.03. The number of benzene rings is 1. The Bertz CT molecular complexity index is 574. The Kier molecular flexibility index (Phi) is 3.06. The second-order valence-electron chi connectivity index (χ2n) is 3.82. The highest BCUT2D eigenvalue weighted by Crippen LogP contribution is 2.32. The molecule has 0 unspecified atom stereocenters. The SMILES string of the molecule is Brc1cncc(OCc2ccc3c(c2)OCO3)c1. The molecule has 4 nitrogen and oxygen atoms in total. The van der Waals surface area contributed by atoms with Gasteiger partial charge < -0.3 is 14.2 Å². The highest BCUT2D eigenvalue weighted by Gasteiger charge is 2.13. The van der Waals surface area contributed by atoms with Crippen molar-refractivity contribution in [1.29, 1.82) is 0 Å². The van der Waals surface area contributed by atoms with Crippen LogP contribution in [0.1, 0.15) is 5.56 Å². The number of hydrogen-bond donors (Lipinski definition) is 0. The second kappa shape index (κ2) is 4.86. The minimum atomic E-state index is 0.287. The molecule has 18 heavy (non-hydrogen) atoms. The summed E-state index contributed by atoms with van der Waals surface area (Å²) in [6.45, 7) is 0.754. The number of pyridine rings is 1. The summed E-state index contributed by atoms with van der Waals surface area (Å²) in [6, 6.07) is 7.65. The monoisotopic (exact) mass is 307 g/mol. The predicted molar refractivity (Wildman–Crippen MR) is 68.8 cm³/mol. The van der Waals surface area contributed by atoms with Crippen molar-refractivity contribution < 1.29 is 14.2 Å². The van der Waals surface area contributed by atoms with Gasteiger partial charge in [0.25, 0.3) is 0 Å². The van der Waals surface area contributed by atoms with Gasteiger partial charge in [0.2, 0.25) is 6.79 Å². The van der Waals surface area contributed by atoms with Crippen molar-refractivity contribution >= 4 is 15.9 Å². The van der Waals surface area contributed by atoms with E-state index in [9.17, 15) is 0 Å². The van der Waals surface area contributed by atoms with Gasteiger partial charge in [0.1, 0.15) is 12.4 Å².